The van der Waals surface area contributed by atoms with E-state index < -0.39 is 5.91 Å². The summed E-state index contributed by atoms with van der Waals surface area (Å²) in [7, 11) is 0. The Hall–Kier alpha value is -4.26. The number of amides is 1. The lowest BCUT2D eigenvalue weighted by atomic mass is 10.2. The van der Waals surface area contributed by atoms with Crippen molar-refractivity contribution in [1.82, 2.24) is 30.7 Å². The Labute approximate surface area is 198 Å². The first kappa shape index (κ1) is 22.9. The molecule has 13 heteroatoms. The molecule has 1 aromatic carbocycles. The zero-order valence-electron chi connectivity index (χ0n) is 18.5. The molecule has 0 saturated carbocycles. The van der Waals surface area contributed by atoms with Crippen molar-refractivity contribution in [1.29, 1.82) is 0 Å². The summed E-state index contributed by atoms with van der Waals surface area (Å²) in [5.74, 6) is 0.849. The van der Waals surface area contributed by atoms with Crippen molar-refractivity contribution in [3.05, 3.63) is 47.0 Å². The molecular weight excluding hydrogens is 460 g/mol. The number of nitrogens with zero attached hydrogens (tertiary/aromatic N) is 6. The van der Waals surface area contributed by atoms with Crippen molar-refractivity contribution < 1.29 is 18.9 Å². The molecule has 0 atom stereocenters. The van der Waals surface area contributed by atoms with Crippen LogP contribution in [0.25, 0.3) is 16.4 Å². The fourth-order valence-electron chi connectivity index (χ4n) is 2.98. The number of rotatable bonds is 10. The lowest BCUT2D eigenvalue weighted by Gasteiger charge is -2.11. The van der Waals surface area contributed by atoms with E-state index in [4.69, 9.17) is 15.2 Å². The number of hydrazone groups is 1. The van der Waals surface area contributed by atoms with Crippen LogP contribution in [0.3, 0.4) is 0 Å². The van der Waals surface area contributed by atoms with Gasteiger partial charge in [-0.2, -0.15) is 9.78 Å². The molecule has 3 N–H and O–H groups in total. The highest BCUT2D eigenvalue weighted by atomic mass is 32.1. The third kappa shape index (κ3) is 4.88. The topological polar surface area (TPSA) is 156 Å². The van der Waals surface area contributed by atoms with E-state index in [-0.39, 0.29) is 17.3 Å². The fraction of sp³-hybridized carbons (Fsp3) is 0.238. The van der Waals surface area contributed by atoms with Gasteiger partial charge in [0.2, 0.25) is 11.6 Å². The van der Waals surface area contributed by atoms with Crippen molar-refractivity contribution >= 4 is 29.3 Å². The molecule has 0 unspecified atom stereocenters. The van der Waals surface area contributed by atoms with Crippen molar-refractivity contribution in [3.8, 4) is 27.9 Å². The van der Waals surface area contributed by atoms with E-state index in [1.165, 1.54) is 22.2 Å². The normalized spacial score (nSPS) is 11.1. The zero-order valence-corrected chi connectivity index (χ0v) is 19.3. The van der Waals surface area contributed by atoms with E-state index in [1.54, 1.807) is 12.1 Å². The van der Waals surface area contributed by atoms with Crippen molar-refractivity contribution in [3.63, 3.8) is 0 Å². The van der Waals surface area contributed by atoms with E-state index in [1.807, 2.05) is 37.4 Å². The number of nitrogens with two attached hydrogens (primary N) is 1. The van der Waals surface area contributed by atoms with Crippen LogP contribution in [0.15, 0.2) is 45.4 Å². The highest BCUT2D eigenvalue weighted by molar-refractivity contribution is 7.13. The van der Waals surface area contributed by atoms with E-state index >= 15 is 0 Å². The molecule has 0 saturated heterocycles. The second kappa shape index (κ2) is 10.6. The molecule has 0 aliphatic carbocycles. The Morgan fingerprint density at radius 1 is 1.26 bits per heavy atom. The molecule has 12 nitrogen and oxygen atoms in total. The van der Waals surface area contributed by atoms with E-state index in [2.05, 4.69) is 35.8 Å². The van der Waals surface area contributed by atoms with Gasteiger partial charge in [0.1, 0.15) is 5.69 Å². The number of hydrogen-bond donors (Lipinski definition) is 2. The number of anilines is 1. The van der Waals surface area contributed by atoms with Crippen LogP contribution in [-0.4, -0.2) is 50.6 Å². The van der Waals surface area contributed by atoms with Gasteiger partial charge in [0, 0.05) is 0 Å². The summed E-state index contributed by atoms with van der Waals surface area (Å²) in [6.45, 7) is 5.01. The highest BCUT2D eigenvalue weighted by Gasteiger charge is 2.25. The molecular formula is C21H22N8O4S. The van der Waals surface area contributed by atoms with Gasteiger partial charge in [-0.05, 0) is 58.9 Å². The lowest BCUT2D eigenvalue weighted by molar-refractivity contribution is 0.0951. The number of aromatic nitrogens is 5. The van der Waals surface area contributed by atoms with Gasteiger partial charge in [-0.15, -0.1) is 16.4 Å². The van der Waals surface area contributed by atoms with Crippen LogP contribution in [0.2, 0.25) is 0 Å². The molecule has 0 aliphatic heterocycles. The number of nitrogens with one attached hydrogen (secondary N) is 1. The Morgan fingerprint density at radius 2 is 2.15 bits per heavy atom. The minimum absolute atomic E-state index is 0.0177. The molecule has 4 rings (SSSR count). The Bertz CT molecular complexity index is 1280. The molecule has 4 aromatic rings. The van der Waals surface area contributed by atoms with Crippen LogP contribution in [0.1, 0.15) is 36.3 Å². The van der Waals surface area contributed by atoms with Gasteiger partial charge in [0.25, 0.3) is 5.91 Å². The van der Waals surface area contributed by atoms with E-state index in [0.29, 0.717) is 30.4 Å². The maximum atomic E-state index is 12.9. The fourth-order valence-corrected chi connectivity index (χ4v) is 3.73. The van der Waals surface area contributed by atoms with Crippen molar-refractivity contribution in [2.45, 2.75) is 20.3 Å². The van der Waals surface area contributed by atoms with Gasteiger partial charge in [-0.25, -0.2) is 10.1 Å². The summed E-state index contributed by atoms with van der Waals surface area (Å²) in [5, 5.41) is 21.3. The smallest absolute Gasteiger partial charge is 0.294 e. The Balaban J connectivity index is 1.55. The maximum Gasteiger partial charge on any atom is 0.294 e. The first-order valence-electron chi connectivity index (χ1n) is 10.4. The monoisotopic (exact) mass is 482 g/mol. The second-order valence-corrected chi connectivity index (χ2v) is 7.78. The Morgan fingerprint density at radius 3 is 2.85 bits per heavy atom. The number of nitrogen functional groups attached to an aromatic ring is 1. The molecule has 3 aromatic heterocycles. The predicted molar refractivity (Wildman–Crippen MR) is 125 cm³/mol. The summed E-state index contributed by atoms with van der Waals surface area (Å²) in [5.41, 5.74) is 9.43. The molecule has 1 amide bonds. The van der Waals surface area contributed by atoms with E-state index in [9.17, 15) is 4.79 Å². The highest BCUT2D eigenvalue weighted by Crippen LogP contribution is 2.30. The summed E-state index contributed by atoms with van der Waals surface area (Å²) < 4.78 is 17.3. The minimum atomic E-state index is -0.561. The first-order valence-corrected chi connectivity index (χ1v) is 11.3. The molecule has 0 aliphatic rings. The maximum absolute atomic E-state index is 12.9. The number of thiophene rings is 1. The van der Waals surface area contributed by atoms with E-state index in [0.717, 1.165) is 16.9 Å². The molecule has 0 bridgehead atoms. The molecule has 0 radical (unpaired) electrons. The average Bonchev–Trinajstić information content (AvgIpc) is 3.59. The minimum Gasteiger partial charge on any atom is -0.490 e. The summed E-state index contributed by atoms with van der Waals surface area (Å²) in [4.78, 5) is 13.6. The first-order chi connectivity index (χ1) is 16.6. The number of benzene rings is 1. The third-order valence-electron chi connectivity index (χ3n) is 4.45. The van der Waals surface area contributed by atoms with Gasteiger partial charge in [0.15, 0.2) is 17.2 Å². The van der Waals surface area contributed by atoms with Crippen LogP contribution in [-0.2, 0) is 0 Å². The van der Waals surface area contributed by atoms with Gasteiger partial charge >= 0.3 is 0 Å². The van der Waals surface area contributed by atoms with Crippen molar-refractivity contribution in [2.24, 2.45) is 5.10 Å². The number of carbonyl (C=O) groups excluding carboxylic acids is 1. The number of ether oxygens (including phenoxy) is 2. The van der Waals surface area contributed by atoms with Gasteiger partial charge in [-0.3, -0.25) is 4.79 Å². The average molecular weight is 483 g/mol. The molecule has 176 valence electrons. The molecule has 34 heavy (non-hydrogen) atoms. The predicted octanol–water partition coefficient (Wildman–Crippen LogP) is 2.91. The Kier molecular flexibility index (Phi) is 7.13. The third-order valence-corrected chi connectivity index (χ3v) is 5.32. The summed E-state index contributed by atoms with van der Waals surface area (Å²) in [6.07, 6.45) is 2.39. The largest absolute Gasteiger partial charge is 0.490 e. The van der Waals surface area contributed by atoms with Gasteiger partial charge < -0.3 is 15.2 Å². The molecule has 0 fully saturated rings. The standard InChI is InChI=1S/C21H22N8O4S/c1-3-9-32-14-8-7-13(11-15(14)31-4-2)12-23-25-21(30)17-18(16-6-5-10-34-16)29(28-24-17)20-19(22)26-33-27-20/h5-8,10-12H,3-4,9H2,1-2H3,(H2,22,26)(H,25,30)/b23-12+. The van der Waals surface area contributed by atoms with Crippen LogP contribution in [0.4, 0.5) is 5.82 Å². The van der Waals surface area contributed by atoms with Crippen LogP contribution < -0.4 is 20.6 Å². The van der Waals surface area contributed by atoms with Crippen LogP contribution >= 0.6 is 11.3 Å². The van der Waals surface area contributed by atoms with Crippen LogP contribution in [0.5, 0.6) is 11.5 Å². The summed E-state index contributed by atoms with van der Waals surface area (Å²) >= 11 is 1.40. The molecule has 0 spiro atoms. The van der Waals surface area contributed by atoms with Crippen molar-refractivity contribution in [2.75, 3.05) is 18.9 Å². The SMILES string of the molecule is CCCOc1ccc(/C=N/NC(=O)c2nnn(-c3nonc3N)c2-c2cccs2)cc1OCC. The number of hydrogen-bond acceptors (Lipinski definition) is 11. The van der Waals surface area contributed by atoms with Crippen LogP contribution in [0, 0.1) is 0 Å². The number of carbonyl (C=O) groups is 1. The quantitative estimate of drug-likeness (QED) is 0.256. The second-order valence-electron chi connectivity index (χ2n) is 6.84. The van der Waals surface area contributed by atoms with Gasteiger partial charge in [0.05, 0.1) is 24.3 Å². The van der Waals surface area contributed by atoms with Gasteiger partial charge in [-0.1, -0.05) is 18.2 Å². The molecule has 3 heterocycles. The summed E-state index contributed by atoms with van der Waals surface area (Å²) in [6, 6.07) is 9.07. The zero-order chi connectivity index (χ0) is 23.9. The lowest BCUT2D eigenvalue weighted by Crippen LogP contribution is -2.19.